The Morgan fingerprint density at radius 2 is 1.97 bits per heavy atom. The Balaban J connectivity index is 1.66. The van der Waals surface area contributed by atoms with Crippen LogP contribution in [0.25, 0.3) is 10.1 Å². The predicted molar refractivity (Wildman–Crippen MR) is 128 cm³/mol. The highest BCUT2D eigenvalue weighted by molar-refractivity contribution is 7.17. The SMILES string of the molecule is Nc1ncc(C(=O)NCCO)c2scc(Cn3c(=O)ccn(CCc4ccccc4)c3=O)c12. The fourth-order valence-electron chi connectivity index (χ4n) is 3.61. The van der Waals surface area contributed by atoms with Gasteiger partial charge in [-0.2, -0.15) is 0 Å². The minimum Gasteiger partial charge on any atom is -0.395 e. The van der Waals surface area contributed by atoms with Gasteiger partial charge in [0.15, 0.2) is 0 Å². The molecule has 3 heterocycles. The number of amides is 1. The maximum Gasteiger partial charge on any atom is 0.331 e. The van der Waals surface area contributed by atoms with Crippen LogP contribution in [0, 0.1) is 0 Å². The van der Waals surface area contributed by atoms with Crippen molar-refractivity contribution in [2.24, 2.45) is 0 Å². The first-order valence-corrected chi connectivity index (χ1v) is 11.3. The quantitative estimate of drug-likeness (QED) is 0.358. The molecule has 4 aromatic rings. The fourth-order valence-corrected chi connectivity index (χ4v) is 4.69. The van der Waals surface area contributed by atoms with Crippen LogP contribution >= 0.6 is 11.3 Å². The van der Waals surface area contributed by atoms with Crippen LogP contribution in [0.2, 0.25) is 0 Å². The number of carbonyl (C=O) groups excluding carboxylic acids is 1. The minimum atomic E-state index is -0.418. The van der Waals surface area contributed by atoms with E-state index in [9.17, 15) is 14.4 Å². The molecule has 3 aromatic heterocycles. The summed E-state index contributed by atoms with van der Waals surface area (Å²) in [5.41, 5.74) is 7.32. The number of nitrogens with one attached hydrogen (secondary N) is 1. The van der Waals surface area contributed by atoms with Crippen LogP contribution in [0.4, 0.5) is 5.82 Å². The van der Waals surface area contributed by atoms with Gasteiger partial charge in [0.1, 0.15) is 5.82 Å². The monoisotopic (exact) mass is 465 g/mol. The summed E-state index contributed by atoms with van der Waals surface area (Å²) < 4.78 is 3.28. The first-order valence-electron chi connectivity index (χ1n) is 10.4. The Morgan fingerprint density at radius 1 is 1.18 bits per heavy atom. The summed E-state index contributed by atoms with van der Waals surface area (Å²) in [6.07, 6.45) is 3.55. The maximum absolute atomic E-state index is 13.0. The standard InChI is InChI=1S/C23H23N5O4S/c24-21-19-16(14-33-20(19)17(12-26-21)22(31)25-8-11-29)13-28-18(30)7-10-27(23(28)32)9-6-15-4-2-1-3-5-15/h1-5,7,10,12,14,29H,6,8-9,11,13H2,(H2,24,26)(H,25,31). The van der Waals surface area contributed by atoms with Crippen molar-refractivity contribution in [1.82, 2.24) is 19.4 Å². The number of benzene rings is 1. The molecule has 9 nitrogen and oxygen atoms in total. The molecule has 0 aliphatic heterocycles. The van der Waals surface area contributed by atoms with E-state index in [0.29, 0.717) is 34.2 Å². The summed E-state index contributed by atoms with van der Waals surface area (Å²) in [4.78, 5) is 42.1. The van der Waals surface area contributed by atoms with Crippen LogP contribution in [0.1, 0.15) is 21.5 Å². The zero-order valence-electron chi connectivity index (χ0n) is 17.7. The molecule has 0 atom stereocenters. The number of hydrogen-bond donors (Lipinski definition) is 3. The highest BCUT2D eigenvalue weighted by atomic mass is 32.1. The average molecular weight is 466 g/mol. The number of nitrogens with two attached hydrogens (primary N) is 1. The number of pyridine rings is 1. The summed E-state index contributed by atoms with van der Waals surface area (Å²) in [5, 5.41) is 13.9. The maximum atomic E-state index is 13.0. The summed E-state index contributed by atoms with van der Waals surface area (Å²) in [7, 11) is 0. The van der Waals surface area contributed by atoms with Gasteiger partial charge in [-0.05, 0) is 22.9 Å². The number of carbonyl (C=O) groups is 1. The Hall–Kier alpha value is -3.76. The lowest BCUT2D eigenvalue weighted by molar-refractivity contribution is 0.0946. The molecule has 0 bridgehead atoms. The summed E-state index contributed by atoms with van der Waals surface area (Å²) in [6.45, 7) is 0.384. The van der Waals surface area contributed by atoms with E-state index in [1.165, 1.54) is 34.4 Å². The minimum absolute atomic E-state index is 0.0113. The molecule has 0 saturated carbocycles. The molecule has 0 aliphatic rings. The molecule has 33 heavy (non-hydrogen) atoms. The van der Waals surface area contributed by atoms with Crippen LogP contribution < -0.4 is 22.3 Å². The van der Waals surface area contributed by atoms with E-state index < -0.39 is 11.2 Å². The summed E-state index contributed by atoms with van der Waals surface area (Å²) in [5.74, 6) is -0.163. The van der Waals surface area contributed by atoms with Crippen LogP contribution in [0.15, 0.2) is 63.8 Å². The van der Waals surface area contributed by atoms with Gasteiger partial charge in [0, 0.05) is 36.9 Å². The summed E-state index contributed by atoms with van der Waals surface area (Å²) in [6, 6.07) is 11.2. The van der Waals surface area contributed by atoms with Crippen molar-refractivity contribution in [1.29, 1.82) is 0 Å². The third-order valence-electron chi connectivity index (χ3n) is 5.30. The van der Waals surface area contributed by atoms with Crippen LogP contribution in [-0.4, -0.2) is 38.3 Å². The van der Waals surface area contributed by atoms with Gasteiger partial charge in [0.2, 0.25) is 0 Å². The van der Waals surface area contributed by atoms with Gasteiger partial charge in [-0.1, -0.05) is 30.3 Å². The number of thiophene rings is 1. The van der Waals surface area contributed by atoms with Crippen LogP contribution in [-0.2, 0) is 19.5 Å². The normalized spacial score (nSPS) is 11.1. The molecule has 10 heteroatoms. The number of aryl methyl sites for hydroxylation is 2. The van der Waals surface area contributed by atoms with Crippen molar-refractivity contribution < 1.29 is 9.90 Å². The Morgan fingerprint density at radius 3 is 2.73 bits per heavy atom. The van der Waals surface area contributed by atoms with Crippen molar-refractivity contribution in [3.8, 4) is 0 Å². The Bertz CT molecular complexity index is 1410. The second kappa shape index (κ2) is 9.80. The number of aromatic nitrogens is 3. The molecule has 1 aromatic carbocycles. The van der Waals surface area contributed by atoms with Gasteiger partial charge < -0.3 is 20.7 Å². The van der Waals surface area contributed by atoms with E-state index in [-0.39, 0.29) is 31.4 Å². The van der Waals surface area contributed by atoms with Crippen molar-refractivity contribution in [2.45, 2.75) is 19.5 Å². The van der Waals surface area contributed by atoms with Crippen molar-refractivity contribution in [3.05, 3.63) is 91.7 Å². The molecule has 0 unspecified atom stereocenters. The molecular weight excluding hydrogens is 442 g/mol. The van der Waals surface area contributed by atoms with Gasteiger partial charge in [-0.25, -0.2) is 9.78 Å². The van der Waals surface area contributed by atoms with Gasteiger partial charge >= 0.3 is 5.69 Å². The van der Waals surface area contributed by atoms with Gasteiger partial charge in [-0.15, -0.1) is 11.3 Å². The topological polar surface area (TPSA) is 132 Å². The fraction of sp³-hybridized carbons (Fsp3) is 0.217. The third kappa shape index (κ3) is 4.71. The third-order valence-corrected chi connectivity index (χ3v) is 6.36. The van der Waals surface area contributed by atoms with Crippen molar-refractivity contribution in [3.63, 3.8) is 0 Å². The van der Waals surface area contributed by atoms with Gasteiger partial charge in [0.25, 0.3) is 11.5 Å². The molecule has 0 aliphatic carbocycles. The van der Waals surface area contributed by atoms with E-state index in [4.69, 9.17) is 10.8 Å². The number of anilines is 1. The lowest BCUT2D eigenvalue weighted by Crippen LogP contribution is -2.39. The van der Waals surface area contributed by atoms with Crippen molar-refractivity contribution >= 4 is 33.1 Å². The number of nitrogens with zero attached hydrogens (tertiary/aromatic N) is 3. The number of hydrogen-bond acceptors (Lipinski definition) is 7. The molecule has 0 saturated heterocycles. The molecule has 0 spiro atoms. The van der Waals surface area contributed by atoms with E-state index >= 15 is 0 Å². The molecule has 0 radical (unpaired) electrons. The number of aliphatic hydroxyl groups excluding tert-OH is 1. The van der Waals surface area contributed by atoms with E-state index in [1.807, 2.05) is 30.3 Å². The van der Waals surface area contributed by atoms with Gasteiger partial charge in [-0.3, -0.25) is 14.2 Å². The highest BCUT2D eigenvalue weighted by Crippen LogP contribution is 2.32. The number of aliphatic hydroxyl groups is 1. The Labute approximate surface area is 192 Å². The second-order valence-corrected chi connectivity index (χ2v) is 8.33. The highest BCUT2D eigenvalue weighted by Gasteiger charge is 2.18. The number of nitrogen functional groups attached to an aromatic ring is 1. The lowest BCUT2D eigenvalue weighted by atomic mass is 10.1. The first-order chi connectivity index (χ1) is 16.0. The van der Waals surface area contributed by atoms with Crippen molar-refractivity contribution in [2.75, 3.05) is 18.9 Å². The van der Waals surface area contributed by atoms with E-state index in [2.05, 4.69) is 10.3 Å². The zero-order valence-corrected chi connectivity index (χ0v) is 18.5. The lowest BCUT2D eigenvalue weighted by Gasteiger charge is -2.11. The largest absolute Gasteiger partial charge is 0.395 e. The summed E-state index contributed by atoms with van der Waals surface area (Å²) >= 11 is 1.29. The van der Waals surface area contributed by atoms with Crippen LogP contribution in [0.3, 0.4) is 0 Å². The van der Waals surface area contributed by atoms with E-state index in [0.717, 1.165) is 10.1 Å². The number of rotatable bonds is 8. The Kier molecular flexibility index (Phi) is 6.66. The molecule has 4 N–H and O–H groups in total. The molecular formula is C23H23N5O4S. The molecule has 170 valence electrons. The predicted octanol–water partition coefficient (Wildman–Crippen LogP) is 1.21. The zero-order chi connectivity index (χ0) is 23.4. The molecule has 1 amide bonds. The smallest absolute Gasteiger partial charge is 0.331 e. The van der Waals surface area contributed by atoms with Crippen LogP contribution in [0.5, 0.6) is 0 Å². The molecule has 0 fully saturated rings. The van der Waals surface area contributed by atoms with E-state index in [1.54, 1.807) is 5.38 Å². The second-order valence-electron chi connectivity index (χ2n) is 7.45. The van der Waals surface area contributed by atoms with Gasteiger partial charge in [0.05, 0.1) is 23.4 Å². The average Bonchev–Trinajstić information content (AvgIpc) is 3.25. The first kappa shape index (κ1) is 22.4. The molecule has 4 rings (SSSR count). The number of fused-ring (bicyclic) bond motifs is 1.